The average Bonchev–Trinajstić information content (AvgIpc) is 2.74. The van der Waals surface area contributed by atoms with E-state index in [1.54, 1.807) is 23.6 Å². The molecule has 0 bridgehead atoms. The van der Waals surface area contributed by atoms with E-state index in [0.29, 0.717) is 18.7 Å². The average molecular weight is 298 g/mol. The molecule has 1 N–H and O–H groups in total. The van der Waals surface area contributed by atoms with Crippen LogP contribution < -0.4 is 0 Å². The van der Waals surface area contributed by atoms with Crippen molar-refractivity contribution in [1.29, 1.82) is 0 Å². The van der Waals surface area contributed by atoms with Crippen LogP contribution in [0.2, 0.25) is 0 Å². The van der Waals surface area contributed by atoms with Gasteiger partial charge in [0.25, 0.3) is 5.91 Å². The maximum Gasteiger partial charge on any atom is 0.322 e. The van der Waals surface area contributed by atoms with Gasteiger partial charge < -0.3 is 4.90 Å². The van der Waals surface area contributed by atoms with Crippen molar-refractivity contribution in [2.45, 2.75) is 32.7 Å². The fourth-order valence-electron chi connectivity index (χ4n) is 2.30. The first kappa shape index (κ1) is 14.8. The summed E-state index contributed by atoms with van der Waals surface area (Å²) in [6, 6.07) is 0.0823. The number of rotatable bonds is 3. The van der Waals surface area contributed by atoms with Crippen LogP contribution in [0.25, 0.3) is 0 Å². The molecule has 0 aromatic carbocycles. The summed E-state index contributed by atoms with van der Waals surface area (Å²) < 4.78 is 0. The van der Waals surface area contributed by atoms with Gasteiger partial charge in [-0.2, -0.15) is 16.9 Å². The second-order valence-corrected chi connectivity index (χ2v) is 5.98. The molecular weight excluding hydrogens is 280 g/mol. The van der Waals surface area contributed by atoms with Gasteiger partial charge >= 0.3 is 5.69 Å². The van der Waals surface area contributed by atoms with Crippen molar-refractivity contribution < 1.29 is 9.72 Å². The highest BCUT2D eigenvalue weighted by molar-refractivity contribution is 7.99. The molecule has 8 heteroatoms. The number of aromatic nitrogens is 2. The molecule has 2 rings (SSSR count). The molecule has 1 fully saturated rings. The lowest BCUT2D eigenvalue weighted by atomic mass is 10.2. The minimum Gasteiger partial charge on any atom is -0.333 e. The topological polar surface area (TPSA) is 92.1 Å². The van der Waals surface area contributed by atoms with E-state index in [-0.39, 0.29) is 23.3 Å². The SMILES string of the molecule is CCc1[nH]nc(C(=O)N2CCSCC[C@@H]2C)c1[N+](=O)[O-]. The third-order valence-corrected chi connectivity index (χ3v) is 4.50. The van der Waals surface area contributed by atoms with Crippen molar-refractivity contribution >= 4 is 23.4 Å². The predicted molar refractivity (Wildman–Crippen MR) is 77.1 cm³/mol. The Bertz CT molecular complexity index is 517. The molecule has 0 saturated carbocycles. The molecule has 0 unspecified atom stereocenters. The zero-order chi connectivity index (χ0) is 14.7. The largest absolute Gasteiger partial charge is 0.333 e. The summed E-state index contributed by atoms with van der Waals surface area (Å²) in [6.45, 7) is 4.37. The predicted octanol–water partition coefficient (Wildman–Crippen LogP) is 1.85. The summed E-state index contributed by atoms with van der Waals surface area (Å²) in [4.78, 5) is 24.9. The van der Waals surface area contributed by atoms with Crippen LogP contribution in [0.1, 0.15) is 36.5 Å². The Morgan fingerprint density at radius 1 is 1.60 bits per heavy atom. The standard InChI is InChI=1S/C12H18N4O3S/c1-3-9-11(16(18)19)10(14-13-9)12(17)15-5-7-20-6-4-8(15)2/h8H,3-7H2,1-2H3,(H,13,14)/t8-/m0/s1. The van der Waals surface area contributed by atoms with Crippen LogP contribution in [0.5, 0.6) is 0 Å². The Labute approximate surface area is 121 Å². The van der Waals surface area contributed by atoms with Crippen molar-refractivity contribution in [3.63, 3.8) is 0 Å². The second-order valence-electron chi connectivity index (χ2n) is 4.76. The van der Waals surface area contributed by atoms with Crippen LogP contribution >= 0.6 is 11.8 Å². The van der Waals surface area contributed by atoms with Gasteiger partial charge in [0.2, 0.25) is 5.69 Å². The molecule has 0 radical (unpaired) electrons. The highest BCUT2D eigenvalue weighted by atomic mass is 32.2. The van der Waals surface area contributed by atoms with E-state index in [1.165, 1.54) is 0 Å². The van der Waals surface area contributed by atoms with Crippen molar-refractivity contribution in [3.8, 4) is 0 Å². The smallest absolute Gasteiger partial charge is 0.322 e. The van der Waals surface area contributed by atoms with Crippen molar-refractivity contribution in [1.82, 2.24) is 15.1 Å². The first-order valence-corrected chi connectivity index (χ1v) is 7.82. The zero-order valence-corrected chi connectivity index (χ0v) is 12.4. The number of H-pyrrole nitrogens is 1. The number of nitro groups is 1. The van der Waals surface area contributed by atoms with Gasteiger partial charge in [0.1, 0.15) is 5.69 Å². The van der Waals surface area contributed by atoms with Gasteiger partial charge in [-0.1, -0.05) is 6.92 Å². The normalized spacial score (nSPS) is 19.7. The molecule has 0 aliphatic carbocycles. The van der Waals surface area contributed by atoms with Gasteiger partial charge in [-0.3, -0.25) is 20.0 Å². The maximum atomic E-state index is 12.5. The molecule has 110 valence electrons. The fourth-order valence-corrected chi connectivity index (χ4v) is 3.33. The monoisotopic (exact) mass is 298 g/mol. The van der Waals surface area contributed by atoms with E-state index in [1.807, 2.05) is 6.92 Å². The van der Waals surface area contributed by atoms with Crippen LogP contribution in [0.3, 0.4) is 0 Å². The van der Waals surface area contributed by atoms with Gasteiger partial charge in [0, 0.05) is 18.3 Å². The van der Waals surface area contributed by atoms with Crippen LogP contribution in [-0.4, -0.2) is 50.0 Å². The van der Waals surface area contributed by atoms with E-state index in [9.17, 15) is 14.9 Å². The number of hydrogen-bond donors (Lipinski definition) is 1. The number of nitrogens with zero attached hydrogens (tertiary/aromatic N) is 3. The van der Waals surface area contributed by atoms with E-state index in [0.717, 1.165) is 17.9 Å². The van der Waals surface area contributed by atoms with Crippen LogP contribution in [0, 0.1) is 10.1 Å². The van der Waals surface area contributed by atoms with Crippen molar-refractivity contribution in [2.24, 2.45) is 0 Å². The molecule has 1 saturated heterocycles. The Balaban J connectivity index is 2.32. The highest BCUT2D eigenvalue weighted by Gasteiger charge is 2.33. The maximum absolute atomic E-state index is 12.5. The zero-order valence-electron chi connectivity index (χ0n) is 11.6. The summed E-state index contributed by atoms with van der Waals surface area (Å²) in [5, 5.41) is 17.7. The Hall–Kier alpha value is -1.57. The minimum absolute atomic E-state index is 0.0643. The molecule has 1 amide bonds. The molecule has 0 spiro atoms. The summed E-state index contributed by atoms with van der Waals surface area (Å²) >= 11 is 1.80. The van der Waals surface area contributed by atoms with Crippen LogP contribution in [0.15, 0.2) is 0 Å². The Morgan fingerprint density at radius 3 is 3.00 bits per heavy atom. The number of aryl methyl sites for hydroxylation is 1. The van der Waals surface area contributed by atoms with Gasteiger partial charge in [-0.15, -0.1) is 0 Å². The first-order valence-electron chi connectivity index (χ1n) is 6.66. The highest BCUT2D eigenvalue weighted by Crippen LogP contribution is 2.25. The second kappa shape index (κ2) is 6.25. The molecule has 20 heavy (non-hydrogen) atoms. The Morgan fingerprint density at radius 2 is 2.35 bits per heavy atom. The molecular formula is C12H18N4O3S. The fraction of sp³-hybridized carbons (Fsp3) is 0.667. The number of hydrogen-bond acceptors (Lipinski definition) is 5. The molecule has 1 aromatic heterocycles. The number of aromatic amines is 1. The molecule has 1 atom stereocenters. The number of carbonyl (C=O) groups is 1. The third-order valence-electron chi connectivity index (χ3n) is 3.50. The summed E-state index contributed by atoms with van der Waals surface area (Å²) in [7, 11) is 0. The summed E-state index contributed by atoms with van der Waals surface area (Å²) in [5.74, 6) is 1.52. The van der Waals surface area contributed by atoms with Crippen LogP contribution in [0.4, 0.5) is 5.69 Å². The molecule has 7 nitrogen and oxygen atoms in total. The number of thioether (sulfide) groups is 1. The van der Waals surface area contributed by atoms with Crippen molar-refractivity contribution in [3.05, 3.63) is 21.5 Å². The lowest BCUT2D eigenvalue weighted by molar-refractivity contribution is -0.385. The number of nitrogens with one attached hydrogen (secondary N) is 1. The van der Waals surface area contributed by atoms with E-state index < -0.39 is 4.92 Å². The molecule has 2 heterocycles. The van der Waals surface area contributed by atoms with Gasteiger partial charge in [-0.25, -0.2) is 0 Å². The summed E-state index contributed by atoms with van der Waals surface area (Å²) in [5.41, 5.74) is 0.155. The van der Waals surface area contributed by atoms with Crippen LogP contribution in [-0.2, 0) is 6.42 Å². The lowest BCUT2D eigenvalue weighted by Crippen LogP contribution is -2.39. The van der Waals surface area contributed by atoms with E-state index in [4.69, 9.17) is 0 Å². The molecule has 1 aromatic rings. The lowest BCUT2D eigenvalue weighted by Gasteiger charge is -2.25. The van der Waals surface area contributed by atoms with Gasteiger partial charge in [0.05, 0.1) is 4.92 Å². The van der Waals surface area contributed by atoms with Gasteiger partial charge in [0.15, 0.2) is 0 Å². The quantitative estimate of drug-likeness (QED) is 0.679. The minimum atomic E-state index is -0.521. The number of amides is 1. The number of carbonyl (C=O) groups excluding carboxylic acids is 1. The van der Waals surface area contributed by atoms with E-state index in [2.05, 4.69) is 10.2 Å². The molecule has 1 aliphatic heterocycles. The molecule has 1 aliphatic rings. The Kier molecular flexibility index (Phi) is 4.64. The van der Waals surface area contributed by atoms with Gasteiger partial charge in [-0.05, 0) is 25.5 Å². The third kappa shape index (κ3) is 2.79. The van der Waals surface area contributed by atoms with E-state index >= 15 is 0 Å². The first-order chi connectivity index (χ1) is 9.56. The summed E-state index contributed by atoms with van der Waals surface area (Å²) in [6.07, 6.45) is 1.34. The van der Waals surface area contributed by atoms with Crippen molar-refractivity contribution in [2.75, 3.05) is 18.1 Å².